The van der Waals surface area contributed by atoms with Gasteiger partial charge < -0.3 is 15.1 Å². The van der Waals surface area contributed by atoms with E-state index in [9.17, 15) is 9.59 Å². The predicted octanol–water partition coefficient (Wildman–Crippen LogP) is 3.31. The number of amides is 2. The summed E-state index contributed by atoms with van der Waals surface area (Å²) in [6, 6.07) is 17.3. The average molecular weight is 391 g/mol. The number of carbonyl (C=O) groups is 2. The largest absolute Gasteiger partial charge is 0.386 e. The van der Waals surface area contributed by atoms with Crippen LogP contribution in [0.3, 0.4) is 0 Å². The van der Waals surface area contributed by atoms with Crippen molar-refractivity contribution in [2.24, 2.45) is 5.16 Å². The molecule has 6 heteroatoms. The highest BCUT2D eigenvalue weighted by atomic mass is 16.7. The maximum absolute atomic E-state index is 12.8. The molecule has 2 aliphatic heterocycles. The van der Waals surface area contributed by atoms with E-state index in [-0.39, 0.29) is 11.8 Å². The molecule has 1 atom stereocenters. The van der Waals surface area contributed by atoms with E-state index in [1.807, 2.05) is 66.4 Å². The van der Waals surface area contributed by atoms with Gasteiger partial charge in [-0.1, -0.05) is 53.2 Å². The first kappa shape index (κ1) is 19.2. The summed E-state index contributed by atoms with van der Waals surface area (Å²) >= 11 is 0. The third-order valence-corrected chi connectivity index (χ3v) is 5.50. The smallest absolute Gasteiger partial charge is 0.273 e. The molecule has 0 unspecified atom stereocenters. The Bertz CT molecular complexity index is 924. The van der Waals surface area contributed by atoms with E-state index in [0.29, 0.717) is 31.6 Å². The molecule has 0 saturated carbocycles. The van der Waals surface area contributed by atoms with Gasteiger partial charge in [0.05, 0.1) is 13.0 Å². The summed E-state index contributed by atoms with van der Waals surface area (Å²) < 4.78 is 0. The minimum Gasteiger partial charge on any atom is -0.386 e. The van der Waals surface area contributed by atoms with Crippen LogP contribution in [0.2, 0.25) is 0 Å². The maximum Gasteiger partial charge on any atom is 0.273 e. The van der Waals surface area contributed by atoms with Gasteiger partial charge in [-0.15, -0.1) is 0 Å². The summed E-state index contributed by atoms with van der Waals surface area (Å²) in [5.74, 6) is -0.171. The summed E-state index contributed by atoms with van der Waals surface area (Å²) in [5.41, 5.74) is 2.69. The van der Waals surface area contributed by atoms with Crippen LogP contribution in [0, 0.1) is 6.92 Å². The number of benzene rings is 2. The molecule has 2 aliphatic rings. The van der Waals surface area contributed by atoms with E-state index in [1.54, 1.807) is 0 Å². The number of oxime groups is 1. The van der Waals surface area contributed by atoms with E-state index in [2.05, 4.69) is 10.5 Å². The standard InChI is InChI=1S/C23H25N3O3/c1-17-8-10-18(11-9-17)14-21(27)26-13-5-12-23(16-26)15-20(25-29-23)22(28)24-19-6-3-2-4-7-19/h2-4,6-11H,5,12-16H2,1H3,(H,24,28)/t23-/m1/s1. The van der Waals surface area contributed by atoms with Crippen molar-refractivity contribution < 1.29 is 14.4 Å². The number of rotatable bonds is 4. The van der Waals surface area contributed by atoms with Crippen molar-refractivity contribution in [1.29, 1.82) is 0 Å². The Morgan fingerprint density at radius 2 is 1.90 bits per heavy atom. The molecule has 2 amide bonds. The average Bonchev–Trinajstić information content (AvgIpc) is 3.14. The van der Waals surface area contributed by atoms with E-state index >= 15 is 0 Å². The summed E-state index contributed by atoms with van der Waals surface area (Å²) in [6.07, 6.45) is 2.41. The maximum atomic E-state index is 12.8. The highest BCUT2D eigenvalue weighted by molar-refractivity contribution is 6.43. The second kappa shape index (κ2) is 8.07. The van der Waals surface area contributed by atoms with E-state index < -0.39 is 5.60 Å². The quantitative estimate of drug-likeness (QED) is 0.869. The lowest BCUT2D eigenvalue weighted by Gasteiger charge is -2.38. The lowest BCUT2D eigenvalue weighted by Crippen LogP contribution is -2.51. The van der Waals surface area contributed by atoms with Gasteiger partial charge in [0.1, 0.15) is 5.71 Å². The van der Waals surface area contributed by atoms with E-state index in [4.69, 9.17) is 4.84 Å². The number of carbonyl (C=O) groups excluding carboxylic acids is 2. The lowest BCUT2D eigenvalue weighted by atomic mass is 9.87. The van der Waals surface area contributed by atoms with Crippen LogP contribution in [0.5, 0.6) is 0 Å². The molecule has 1 spiro atoms. The highest BCUT2D eigenvalue weighted by Gasteiger charge is 2.45. The van der Waals surface area contributed by atoms with Crippen molar-refractivity contribution in [2.75, 3.05) is 18.4 Å². The van der Waals surface area contributed by atoms with Crippen LogP contribution in [0.25, 0.3) is 0 Å². The molecule has 150 valence electrons. The van der Waals surface area contributed by atoms with Crippen LogP contribution in [-0.4, -0.2) is 41.1 Å². The van der Waals surface area contributed by atoms with Gasteiger partial charge in [0.15, 0.2) is 5.60 Å². The third kappa shape index (κ3) is 4.47. The number of likely N-dealkylation sites (tertiary alicyclic amines) is 1. The van der Waals surface area contributed by atoms with E-state index in [0.717, 1.165) is 24.1 Å². The molecule has 1 saturated heterocycles. The van der Waals surface area contributed by atoms with Gasteiger partial charge in [-0.3, -0.25) is 9.59 Å². The minimum atomic E-state index is -0.593. The molecule has 0 aliphatic carbocycles. The van der Waals surface area contributed by atoms with Crippen molar-refractivity contribution in [3.63, 3.8) is 0 Å². The van der Waals surface area contributed by atoms with Crippen LogP contribution in [0.4, 0.5) is 5.69 Å². The topological polar surface area (TPSA) is 71.0 Å². The molecule has 2 aromatic carbocycles. The van der Waals surface area contributed by atoms with Crippen LogP contribution in [0.1, 0.15) is 30.4 Å². The lowest BCUT2D eigenvalue weighted by molar-refractivity contribution is -0.139. The zero-order chi connectivity index (χ0) is 20.3. The van der Waals surface area contributed by atoms with Gasteiger partial charge in [0.2, 0.25) is 5.91 Å². The zero-order valence-corrected chi connectivity index (χ0v) is 16.6. The molecule has 6 nitrogen and oxygen atoms in total. The Hall–Kier alpha value is -3.15. The Kier molecular flexibility index (Phi) is 5.34. The molecule has 29 heavy (non-hydrogen) atoms. The van der Waals surface area contributed by atoms with Crippen LogP contribution in [0.15, 0.2) is 59.8 Å². The van der Waals surface area contributed by atoms with Crippen molar-refractivity contribution in [1.82, 2.24) is 4.90 Å². The molecular formula is C23H25N3O3. The van der Waals surface area contributed by atoms with Crippen molar-refractivity contribution >= 4 is 23.2 Å². The fraction of sp³-hybridized carbons (Fsp3) is 0.348. The number of nitrogens with zero attached hydrogens (tertiary/aromatic N) is 2. The molecule has 1 N–H and O–H groups in total. The predicted molar refractivity (Wildman–Crippen MR) is 112 cm³/mol. The Morgan fingerprint density at radius 1 is 1.14 bits per heavy atom. The molecule has 1 fully saturated rings. The number of hydrogen-bond donors (Lipinski definition) is 1. The second-order valence-corrected chi connectivity index (χ2v) is 7.89. The van der Waals surface area contributed by atoms with Gasteiger partial charge >= 0.3 is 0 Å². The fourth-order valence-electron chi connectivity index (χ4n) is 3.89. The van der Waals surface area contributed by atoms with Gasteiger partial charge in [0, 0.05) is 18.7 Å². The zero-order valence-electron chi connectivity index (χ0n) is 16.6. The molecule has 0 radical (unpaired) electrons. The molecule has 2 heterocycles. The highest BCUT2D eigenvalue weighted by Crippen LogP contribution is 2.34. The number of para-hydroxylation sites is 1. The summed E-state index contributed by atoms with van der Waals surface area (Å²) in [5, 5.41) is 6.91. The second-order valence-electron chi connectivity index (χ2n) is 7.89. The Morgan fingerprint density at radius 3 is 2.66 bits per heavy atom. The summed E-state index contributed by atoms with van der Waals surface area (Å²) in [4.78, 5) is 32.9. The van der Waals surface area contributed by atoms with Crippen molar-refractivity contribution in [3.05, 3.63) is 65.7 Å². The number of anilines is 1. The van der Waals surface area contributed by atoms with Crippen LogP contribution in [-0.2, 0) is 20.8 Å². The number of piperidine rings is 1. The van der Waals surface area contributed by atoms with E-state index in [1.165, 1.54) is 5.56 Å². The number of hydrogen-bond acceptors (Lipinski definition) is 4. The third-order valence-electron chi connectivity index (χ3n) is 5.50. The van der Waals surface area contributed by atoms with Gasteiger partial charge in [-0.25, -0.2) is 0 Å². The first-order chi connectivity index (χ1) is 14.0. The minimum absolute atomic E-state index is 0.0821. The normalized spacial score (nSPS) is 20.9. The summed E-state index contributed by atoms with van der Waals surface area (Å²) in [6.45, 7) is 3.20. The van der Waals surface area contributed by atoms with Crippen LogP contribution >= 0.6 is 0 Å². The molecule has 2 aromatic rings. The van der Waals surface area contributed by atoms with Gasteiger partial charge in [-0.05, 0) is 37.5 Å². The molecular weight excluding hydrogens is 366 g/mol. The summed E-state index contributed by atoms with van der Waals surface area (Å²) in [7, 11) is 0. The fourth-order valence-corrected chi connectivity index (χ4v) is 3.89. The first-order valence-corrected chi connectivity index (χ1v) is 9.98. The molecule has 4 rings (SSSR count). The Labute approximate surface area is 170 Å². The number of nitrogens with one attached hydrogen (secondary N) is 1. The number of aryl methyl sites for hydroxylation is 1. The van der Waals surface area contributed by atoms with Crippen molar-refractivity contribution in [3.8, 4) is 0 Å². The Balaban J connectivity index is 1.36. The molecule has 0 bridgehead atoms. The first-order valence-electron chi connectivity index (χ1n) is 9.98. The monoisotopic (exact) mass is 391 g/mol. The van der Waals surface area contributed by atoms with Gasteiger partial charge in [0.25, 0.3) is 5.91 Å². The van der Waals surface area contributed by atoms with Crippen molar-refractivity contribution in [2.45, 2.75) is 38.2 Å². The van der Waals surface area contributed by atoms with Gasteiger partial charge in [-0.2, -0.15) is 0 Å². The SMILES string of the molecule is Cc1ccc(CC(=O)N2CCC[C@@]3(CC(C(=O)Nc4ccccc4)=NO3)C2)cc1. The molecule has 0 aromatic heterocycles. The van der Waals surface area contributed by atoms with Crippen LogP contribution < -0.4 is 5.32 Å².